The van der Waals surface area contributed by atoms with Gasteiger partial charge in [0.2, 0.25) is 0 Å². The van der Waals surface area contributed by atoms with Crippen molar-refractivity contribution in [2.75, 3.05) is 20.6 Å². The van der Waals surface area contributed by atoms with Gasteiger partial charge >= 0.3 is 0 Å². The number of halogens is 1. The van der Waals surface area contributed by atoms with E-state index in [2.05, 4.69) is 31.2 Å². The molecule has 0 aliphatic heterocycles. The number of hydrogen-bond donors (Lipinski definition) is 1. The first kappa shape index (κ1) is 33.7. The van der Waals surface area contributed by atoms with Gasteiger partial charge in [-0.15, -0.1) is 0 Å². The minimum absolute atomic E-state index is 0.0495. The van der Waals surface area contributed by atoms with Crippen molar-refractivity contribution in [2.45, 2.75) is 80.0 Å². The van der Waals surface area contributed by atoms with E-state index in [0.29, 0.717) is 54.0 Å². The summed E-state index contributed by atoms with van der Waals surface area (Å²) >= 11 is 0. The van der Waals surface area contributed by atoms with Crippen LogP contribution in [0.3, 0.4) is 0 Å². The molecule has 4 atom stereocenters. The maximum atomic E-state index is 16.4. The fraction of sp³-hybridized carbons (Fsp3) is 0.514. The molecule has 2 aliphatic carbocycles. The molecule has 0 fully saturated rings. The zero-order valence-corrected chi connectivity index (χ0v) is 28.3. The van der Waals surface area contributed by atoms with Crippen LogP contribution in [-0.4, -0.2) is 48.0 Å². The summed E-state index contributed by atoms with van der Waals surface area (Å²) in [6.45, 7) is 12.1. The van der Waals surface area contributed by atoms with Gasteiger partial charge in [0.25, 0.3) is 0 Å². The number of aromatic nitrogens is 1. The van der Waals surface area contributed by atoms with E-state index in [4.69, 9.17) is 9.26 Å². The van der Waals surface area contributed by atoms with Crippen molar-refractivity contribution in [2.24, 2.45) is 23.2 Å². The molecule has 0 spiro atoms. The lowest BCUT2D eigenvalue weighted by Crippen LogP contribution is -2.43. The highest BCUT2D eigenvalue weighted by molar-refractivity contribution is 6.21. The summed E-state index contributed by atoms with van der Waals surface area (Å²) in [5, 5.41) is 7.43. The number of rotatable bonds is 7. The molecule has 9 heteroatoms. The van der Waals surface area contributed by atoms with Crippen LogP contribution in [-0.2, 0) is 24.4 Å². The minimum atomic E-state index is -1.08. The molecule has 1 aromatic heterocycles. The average molecular weight is 632 g/mol. The molecule has 0 bridgehead atoms. The number of fused-ring (bicyclic) bond motifs is 3. The third-order valence-corrected chi connectivity index (χ3v) is 9.50. The molecule has 246 valence electrons. The molecule has 4 unspecified atom stereocenters. The Labute approximate surface area is 271 Å². The smallest absolute Gasteiger partial charge is 0.178 e. The first-order chi connectivity index (χ1) is 21.7. The minimum Gasteiger partial charge on any atom is -0.488 e. The maximum Gasteiger partial charge on any atom is 0.178 e. The summed E-state index contributed by atoms with van der Waals surface area (Å²) in [5.41, 5.74) is 3.08. The van der Waals surface area contributed by atoms with Crippen LogP contribution >= 0.6 is 0 Å². The fourth-order valence-corrected chi connectivity index (χ4v) is 6.96. The van der Waals surface area contributed by atoms with E-state index in [9.17, 15) is 14.4 Å². The van der Waals surface area contributed by atoms with E-state index >= 15 is 4.39 Å². The SMILES string of the molecule is Cc1noc2c1C(=O)C(C)C(=O)C1C(=O)c3c(c(C)c(F)c(CNCC(C)(C)C)c3OCc3ccccc3)CC1CCC2N(C)C. The van der Waals surface area contributed by atoms with E-state index in [1.54, 1.807) is 20.8 Å². The van der Waals surface area contributed by atoms with Crippen molar-refractivity contribution in [3.8, 4) is 5.75 Å². The fourth-order valence-electron chi connectivity index (χ4n) is 6.96. The van der Waals surface area contributed by atoms with Crippen molar-refractivity contribution >= 4 is 17.3 Å². The van der Waals surface area contributed by atoms with Gasteiger partial charge in [-0.1, -0.05) is 56.3 Å². The van der Waals surface area contributed by atoms with Crippen molar-refractivity contribution in [3.63, 3.8) is 0 Å². The Balaban J connectivity index is 1.63. The summed E-state index contributed by atoms with van der Waals surface area (Å²) in [5.74, 6) is -3.56. The summed E-state index contributed by atoms with van der Waals surface area (Å²) in [6.07, 6.45) is 1.35. The molecule has 5 rings (SSSR count). The first-order valence-electron chi connectivity index (χ1n) is 16.2. The van der Waals surface area contributed by atoms with Gasteiger partial charge in [-0.25, -0.2) is 4.39 Å². The van der Waals surface area contributed by atoms with Crippen molar-refractivity contribution in [1.29, 1.82) is 0 Å². The molecule has 0 saturated heterocycles. The second-order valence-electron chi connectivity index (χ2n) is 14.4. The number of benzene rings is 2. The number of ether oxygens (including phenoxy) is 1. The van der Waals surface area contributed by atoms with E-state index in [1.165, 1.54) is 0 Å². The Hall–Kier alpha value is -3.69. The molecule has 1 N–H and O–H groups in total. The number of nitrogens with zero attached hydrogens (tertiary/aromatic N) is 2. The second-order valence-corrected chi connectivity index (χ2v) is 14.4. The zero-order chi connectivity index (χ0) is 33.5. The lowest BCUT2D eigenvalue weighted by molar-refractivity contribution is -0.125. The van der Waals surface area contributed by atoms with Gasteiger partial charge in [0.05, 0.1) is 34.7 Å². The molecule has 3 aromatic rings. The molecule has 0 amide bonds. The number of nitrogens with one attached hydrogen (secondary N) is 1. The largest absolute Gasteiger partial charge is 0.488 e. The van der Waals surface area contributed by atoms with Gasteiger partial charge in [0.15, 0.2) is 23.1 Å². The van der Waals surface area contributed by atoms with Gasteiger partial charge in [0, 0.05) is 18.7 Å². The highest BCUT2D eigenvalue weighted by Crippen LogP contribution is 2.45. The van der Waals surface area contributed by atoms with E-state index < -0.39 is 40.9 Å². The van der Waals surface area contributed by atoms with Gasteiger partial charge in [0.1, 0.15) is 18.2 Å². The van der Waals surface area contributed by atoms with Gasteiger partial charge in [-0.2, -0.15) is 0 Å². The molecule has 46 heavy (non-hydrogen) atoms. The van der Waals surface area contributed by atoms with Crippen LogP contribution < -0.4 is 10.1 Å². The third-order valence-electron chi connectivity index (χ3n) is 9.50. The number of Topliss-reactive ketones (excluding diaryl/α,β-unsaturated/α-hetero) is 3. The summed E-state index contributed by atoms with van der Waals surface area (Å²) in [6, 6.07) is 9.23. The Kier molecular flexibility index (Phi) is 9.66. The van der Waals surface area contributed by atoms with Gasteiger partial charge in [-0.3, -0.25) is 19.3 Å². The third kappa shape index (κ3) is 6.45. The van der Waals surface area contributed by atoms with Crippen LogP contribution in [0.5, 0.6) is 5.75 Å². The van der Waals surface area contributed by atoms with Crippen molar-refractivity contribution in [1.82, 2.24) is 15.4 Å². The Morgan fingerprint density at radius 1 is 1.04 bits per heavy atom. The second kappa shape index (κ2) is 13.2. The van der Waals surface area contributed by atoms with Crippen molar-refractivity contribution < 1.29 is 28.0 Å². The summed E-state index contributed by atoms with van der Waals surface area (Å²) in [4.78, 5) is 44.9. The van der Waals surface area contributed by atoms with Crippen LogP contribution in [0.1, 0.15) is 101 Å². The molecule has 8 nitrogen and oxygen atoms in total. The number of ketones is 3. The van der Waals surface area contributed by atoms with Crippen LogP contribution in [0, 0.1) is 42.8 Å². The van der Waals surface area contributed by atoms with Gasteiger partial charge < -0.3 is 14.6 Å². The van der Waals surface area contributed by atoms with Crippen LogP contribution in [0.2, 0.25) is 0 Å². The predicted octanol–water partition coefficient (Wildman–Crippen LogP) is 6.60. The van der Waals surface area contributed by atoms with Crippen LogP contribution in [0.25, 0.3) is 0 Å². The summed E-state index contributed by atoms with van der Waals surface area (Å²) in [7, 11) is 3.81. The quantitative estimate of drug-likeness (QED) is 0.291. The highest BCUT2D eigenvalue weighted by atomic mass is 19.1. The van der Waals surface area contributed by atoms with E-state index in [0.717, 1.165) is 5.56 Å². The molecule has 2 aliphatic rings. The molecule has 0 radical (unpaired) electrons. The van der Waals surface area contributed by atoms with Crippen molar-refractivity contribution in [3.05, 3.63) is 81.0 Å². The van der Waals surface area contributed by atoms with Crippen LogP contribution in [0.15, 0.2) is 34.9 Å². The predicted molar refractivity (Wildman–Crippen MR) is 173 cm³/mol. The molecule has 2 aromatic carbocycles. The zero-order valence-electron chi connectivity index (χ0n) is 28.3. The lowest BCUT2D eigenvalue weighted by Gasteiger charge is -2.36. The van der Waals surface area contributed by atoms with E-state index in [1.807, 2.05) is 49.3 Å². The number of carbonyl (C=O) groups excluding carboxylic acids is 3. The number of hydrogen-bond acceptors (Lipinski definition) is 8. The lowest BCUT2D eigenvalue weighted by atomic mass is 9.66. The highest BCUT2D eigenvalue weighted by Gasteiger charge is 2.48. The summed E-state index contributed by atoms with van der Waals surface area (Å²) < 4.78 is 28.4. The molecular formula is C37H46FN3O5. The monoisotopic (exact) mass is 631 g/mol. The Morgan fingerprint density at radius 3 is 2.39 bits per heavy atom. The average Bonchev–Trinajstić information content (AvgIpc) is 3.38. The number of aryl methyl sites for hydroxylation is 1. The molecule has 1 heterocycles. The first-order valence-corrected chi connectivity index (χ1v) is 16.2. The standard InChI is InChI=1S/C37H46FN3O5/c1-20-25-16-24-14-15-27(41(7)8)36-28(22(3)40-46-36)32(42)21(2)33(43)29(24)34(44)30(25)35(45-18-23-12-10-9-11-13-23)26(31(20)38)17-39-19-37(4,5)6/h9-13,21,24,27,29,39H,14-19H2,1-8H3. The normalized spacial score (nSPS) is 22.0. The van der Waals surface area contributed by atoms with E-state index in [-0.39, 0.29) is 41.5 Å². The molecular weight excluding hydrogens is 585 g/mol. The molecule has 0 saturated carbocycles. The Bertz CT molecular complexity index is 1640. The topological polar surface area (TPSA) is 102 Å². The number of carbonyl (C=O) groups is 3. The van der Waals surface area contributed by atoms with Gasteiger partial charge in [-0.05, 0) is 82.2 Å². The van der Waals surface area contributed by atoms with Crippen LogP contribution in [0.4, 0.5) is 4.39 Å². The maximum absolute atomic E-state index is 16.4. The Morgan fingerprint density at radius 2 is 1.74 bits per heavy atom.